The summed E-state index contributed by atoms with van der Waals surface area (Å²) in [5, 5.41) is 11.5. The van der Waals surface area contributed by atoms with Crippen LogP contribution >= 0.6 is 0 Å². The van der Waals surface area contributed by atoms with Crippen molar-refractivity contribution in [3.05, 3.63) is 76.6 Å². The number of hydrazine groups is 1. The first-order chi connectivity index (χ1) is 13.6. The number of nitro groups is 1. The summed E-state index contributed by atoms with van der Waals surface area (Å²) in [4.78, 5) is 30.6. The lowest BCUT2D eigenvalue weighted by Crippen LogP contribution is -2.30. The van der Waals surface area contributed by atoms with E-state index in [1.807, 2.05) is 0 Å². The third-order valence-electron chi connectivity index (χ3n) is 3.58. The van der Waals surface area contributed by atoms with Gasteiger partial charge in [0.25, 0.3) is 5.91 Å². The average molecular weight is 381 g/mol. The van der Waals surface area contributed by atoms with Crippen LogP contribution < -0.4 is 20.3 Å². The molecule has 3 aromatic rings. The Morgan fingerprint density at radius 2 is 1.71 bits per heavy atom. The van der Waals surface area contributed by atoms with Crippen LogP contribution in [0.1, 0.15) is 10.4 Å². The van der Waals surface area contributed by atoms with Gasteiger partial charge < -0.3 is 9.47 Å². The highest BCUT2D eigenvalue weighted by Crippen LogP contribution is 2.34. The molecule has 0 spiro atoms. The van der Waals surface area contributed by atoms with E-state index in [2.05, 4.69) is 20.8 Å². The van der Waals surface area contributed by atoms with Crippen LogP contribution in [0.3, 0.4) is 0 Å². The lowest BCUT2D eigenvalue weighted by Gasteiger charge is -2.10. The van der Waals surface area contributed by atoms with Crippen LogP contribution in [0.4, 0.5) is 11.5 Å². The number of ether oxygens (including phenoxy) is 2. The Bertz CT molecular complexity index is 979. The second-order valence-corrected chi connectivity index (χ2v) is 5.36. The number of carbonyl (C=O) groups excluding carboxylic acids is 1. The van der Waals surface area contributed by atoms with Gasteiger partial charge in [-0.25, -0.2) is 4.98 Å². The van der Waals surface area contributed by atoms with E-state index in [0.717, 1.165) is 6.33 Å². The summed E-state index contributed by atoms with van der Waals surface area (Å²) < 4.78 is 10.6. The van der Waals surface area contributed by atoms with Crippen molar-refractivity contribution in [3.63, 3.8) is 0 Å². The van der Waals surface area contributed by atoms with Gasteiger partial charge in [0.15, 0.2) is 0 Å². The molecule has 0 aliphatic carbocycles. The van der Waals surface area contributed by atoms with Gasteiger partial charge in [0.2, 0.25) is 5.82 Å². The van der Waals surface area contributed by atoms with Crippen molar-refractivity contribution in [2.24, 2.45) is 0 Å². The van der Waals surface area contributed by atoms with Crippen LogP contribution in [0.15, 0.2) is 60.9 Å². The van der Waals surface area contributed by atoms with Crippen LogP contribution in [-0.2, 0) is 0 Å². The Morgan fingerprint density at radius 3 is 2.36 bits per heavy atom. The van der Waals surface area contributed by atoms with Crippen molar-refractivity contribution in [3.8, 4) is 17.4 Å². The van der Waals surface area contributed by atoms with E-state index in [9.17, 15) is 14.9 Å². The smallest absolute Gasteiger partial charge is 0.374 e. The summed E-state index contributed by atoms with van der Waals surface area (Å²) in [6.07, 6.45) is 1.09. The predicted octanol–water partition coefficient (Wildman–Crippen LogP) is 2.94. The maximum Gasteiger partial charge on any atom is 0.374 e. The van der Waals surface area contributed by atoms with Crippen LogP contribution in [0.5, 0.6) is 17.4 Å². The first kappa shape index (κ1) is 18.6. The van der Waals surface area contributed by atoms with Crippen molar-refractivity contribution in [1.82, 2.24) is 15.4 Å². The van der Waals surface area contributed by atoms with Crippen molar-refractivity contribution in [2.75, 3.05) is 12.5 Å². The van der Waals surface area contributed by atoms with E-state index < -0.39 is 16.5 Å². The number of hydrogen-bond donors (Lipinski definition) is 2. The number of rotatable bonds is 7. The van der Waals surface area contributed by atoms with E-state index >= 15 is 0 Å². The fraction of sp³-hybridized carbons (Fsp3) is 0.0556. The lowest BCUT2D eigenvalue weighted by molar-refractivity contribution is -0.385. The number of anilines is 1. The molecule has 1 amide bonds. The van der Waals surface area contributed by atoms with Crippen molar-refractivity contribution < 1.29 is 19.2 Å². The number of nitrogens with zero attached hydrogens (tertiary/aromatic N) is 3. The Balaban J connectivity index is 1.80. The van der Waals surface area contributed by atoms with E-state index in [1.165, 1.54) is 7.11 Å². The maximum absolute atomic E-state index is 12.1. The largest absolute Gasteiger partial charge is 0.497 e. The molecule has 142 valence electrons. The standard InChI is InChI=1S/C18H15N5O5/c1-27-13-7-9-14(10-8-13)28-18-15(23(25)26)16(19-11-20-18)21-22-17(24)12-5-3-2-4-6-12/h2-11H,1H3,(H,22,24)(H,19,20,21). The van der Waals surface area contributed by atoms with Crippen LogP contribution in [0.25, 0.3) is 0 Å². The molecule has 0 atom stereocenters. The molecule has 10 heteroatoms. The molecule has 28 heavy (non-hydrogen) atoms. The van der Waals surface area contributed by atoms with Crippen LogP contribution in [-0.4, -0.2) is 27.9 Å². The summed E-state index contributed by atoms with van der Waals surface area (Å²) in [7, 11) is 1.52. The van der Waals surface area contributed by atoms with Gasteiger partial charge in [0.05, 0.1) is 12.0 Å². The number of benzene rings is 2. The molecule has 1 heterocycles. The highest BCUT2D eigenvalue weighted by molar-refractivity contribution is 5.94. The topological polar surface area (TPSA) is 129 Å². The summed E-state index contributed by atoms with van der Waals surface area (Å²) in [6.45, 7) is 0. The highest BCUT2D eigenvalue weighted by atomic mass is 16.6. The van der Waals surface area contributed by atoms with Gasteiger partial charge in [-0.05, 0) is 36.4 Å². The minimum absolute atomic E-state index is 0.215. The average Bonchev–Trinajstić information content (AvgIpc) is 2.73. The molecule has 1 aromatic heterocycles. The minimum atomic E-state index is -0.699. The molecule has 0 unspecified atom stereocenters. The highest BCUT2D eigenvalue weighted by Gasteiger charge is 2.25. The van der Waals surface area contributed by atoms with Crippen molar-refractivity contribution in [2.45, 2.75) is 0 Å². The fourth-order valence-corrected chi connectivity index (χ4v) is 2.23. The molecule has 2 aromatic carbocycles. The predicted molar refractivity (Wildman–Crippen MR) is 99.3 cm³/mol. The summed E-state index contributed by atoms with van der Waals surface area (Å²) in [6, 6.07) is 14.8. The van der Waals surface area contributed by atoms with Crippen molar-refractivity contribution in [1.29, 1.82) is 0 Å². The Kier molecular flexibility index (Phi) is 5.60. The van der Waals surface area contributed by atoms with E-state index in [-0.39, 0.29) is 11.7 Å². The van der Waals surface area contributed by atoms with Gasteiger partial charge in [-0.15, -0.1) is 0 Å². The van der Waals surface area contributed by atoms with Crippen LogP contribution in [0, 0.1) is 10.1 Å². The Morgan fingerprint density at radius 1 is 1.04 bits per heavy atom. The molecule has 0 aliphatic rings. The second-order valence-electron chi connectivity index (χ2n) is 5.36. The molecule has 0 aliphatic heterocycles. The molecule has 0 saturated heterocycles. The monoisotopic (exact) mass is 381 g/mol. The van der Waals surface area contributed by atoms with Gasteiger partial charge >= 0.3 is 11.6 Å². The summed E-state index contributed by atoms with van der Waals surface area (Å²) >= 11 is 0. The third-order valence-corrected chi connectivity index (χ3v) is 3.58. The minimum Gasteiger partial charge on any atom is -0.497 e. The quantitative estimate of drug-likeness (QED) is 0.472. The Hall–Kier alpha value is -4.21. The third kappa shape index (κ3) is 4.30. The number of carbonyl (C=O) groups is 1. The zero-order valence-electron chi connectivity index (χ0n) is 14.7. The van der Waals surface area contributed by atoms with Gasteiger partial charge in [-0.1, -0.05) is 18.2 Å². The zero-order valence-corrected chi connectivity index (χ0v) is 14.7. The fourth-order valence-electron chi connectivity index (χ4n) is 2.23. The van der Waals surface area contributed by atoms with Gasteiger partial charge in [0, 0.05) is 5.56 Å². The van der Waals surface area contributed by atoms with Crippen molar-refractivity contribution >= 4 is 17.4 Å². The van der Waals surface area contributed by atoms with E-state index in [0.29, 0.717) is 17.1 Å². The summed E-state index contributed by atoms with van der Waals surface area (Å²) in [5.74, 6) is -0.0436. The first-order valence-corrected chi connectivity index (χ1v) is 8.01. The molecule has 2 N–H and O–H groups in total. The molecular weight excluding hydrogens is 366 g/mol. The maximum atomic E-state index is 12.1. The van der Waals surface area contributed by atoms with Gasteiger partial charge in [-0.3, -0.25) is 25.8 Å². The number of methoxy groups -OCH3 is 1. The lowest BCUT2D eigenvalue weighted by atomic mass is 10.2. The normalized spacial score (nSPS) is 10.0. The van der Waals surface area contributed by atoms with E-state index in [1.54, 1.807) is 54.6 Å². The number of amides is 1. The molecule has 10 nitrogen and oxygen atoms in total. The number of aromatic nitrogens is 2. The molecule has 0 bridgehead atoms. The summed E-state index contributed by atoms with van der Waals surface area (Å²) in [5.41, 5.74) is 4.66. The SMILES string of the molecule is COc1ccc(Oc2ncnc(NNC(=O)c3ccccc3)c2[N+](=O)[O-])cc1. The molecular formula is C18H15N5O5. The van der Waals surface area contributed by atoms with Gasteiger partial charge in [0.1, 0.15) is 17.8 Å². The zero-order chi connectivity index (χ0) is 19.9. The van der Waals surface area contributed by atoms with E-state index in [4.69, 9.17) is 9.47 Å². The van der Waals surface area contributed by atoms with Crippen LogP contribution in [0.2, 0.25) is 0 Å². The molecule has 3 rings (SSSR count). The Labute approximate surface area is 159 Å². The first-order valence-electron chi connectivity index (χ1n) is 8.01. The molecule has 0 radical (unpaired) electrons. The van der Waals surface area contributed by atoms with Gasteiger partial charge in [-0.2, -0.15) is 4.98 Å². The second kappa shape index (κ2) is 8.45. The molecule has 0 fully saturated rings. The number of nitrogens with one attached hydrogen (secondary N) is 2. The number of hydrogen-bond acceptors (Lipinski definition) is 8. The molecule has 0 saturated carbocycles.